The molecule has 5 heteroatoms. The van der Waals surface area contributed by atoms with Crippen molar-refractivity contribution >= 4 is 15.9 Å². The molecule has 0 aliphatic carbocycles. The second-order valence-corrected chi connectivity index (χ2v) is 6.06. The molecule has 2 aromatic carbocycles. The van der Waals surface area contributed by atoms with Gasteiger partial charge in [-0.2, -0.15) is 0 Å². The molecule has 0 saturated carbocycles. The Hall–Kier alpha value is -1.59. The molecule has 0 radical (unpaired) electrons. The molecule has 0 fully saturated rings. The van der Waals surface area contributed by atoms with Gasteiger partial charge in [0, 0.05) is 6.54 Å². The van der Waals surface area contributed by atoms with E-state index >= 15 is 0 Å². The molecule has 0 aromatic heterocycles. The maximum Gasteiger partial charge on any atom is 0.175 e. The van der Waals surface area contributed by atoms with Crippen LogP contribution in [-0.2, 0) is 13.2 Å². The van der Waals surface area contributed by atoms with Gasteiger partial charge in [0.05, 0.1) is 11.6 Å². The average molecular weight is 382 g/mol. The molecule has 2 aromatic rings. The third kappa shape index (κ3) is 5.22. The summed E-state index contributed by atoms with van der Waals surface area (Å²) < 4.78 is 25.1. The minimum atomic E-state index is -0.253. The fourth-order valence-corrected chi connectivity index (χ4v) is 2.76. The van der Waals surface area contributed by atoms with Gasteiger partial charge in [-0.1, -0.05) is 19.1 Å². The average Bonchev–Trinajstić information content (AvgIpc) is 2.55. The van der Waals surface area contributed by atoms with Crippen LogP contribution in [0.3, 0.4) is 0 Å². The molecular formula is C18H21BrFNO2. The fourth-order valence-electron chi connectivity index (χ4n) is 2.16. The highest BCUT2D eigenvalue weighted by Gasteiger charge is 2.12. The lowest BCUT2D eigenvalue weighted by molar-refractivity contribution is 0.282. The van der Waals surface area contributed by atoms with Gasteiger partial charge in [-0.05, 0) is 64.3 Å². The summed E-state index contributed by atoms with van der Waals surface area (Å²) in [6.07, 6.45) is 1.09. The lowest BCUT2D eigenvalue weighted by Gasteiger charge is -2.15. The number of halogens is 2. The number of methoxy groups -OCH3 is 1. The van der Waals surface area contributed by atoms with Crippen molar-refractivity contribution in [3.05, 3.63) is 57.8 Å². The van der Waals surface area contributed by atoms with Crippen LogP contribution in [0.15, 0.2) is 40.9 Å². The normalized spacial score (nSPS) is 10.6. The molecule has 0 unspecified atom stereocenters. The summed E-state index contributed by atoms with van der Waals surface area (Å²) in [5.41, 5.74) is 2.02. The summed E-state index contributed by atoms with van der Waals surface area (Å²) in [4.78, 5) is 0. The van der Waals surface area contributed by atoms with Crippen LogP contribution >= 0.6 is 15.9 Å². The van der Waals surface area contributed by atoms with Gasteiger partial charge < -0.3 is 14.8 Å². The predicted molar refractivity (Wildman–Crippen MR) is 93.4 cm³/mol. The maximum atomic E-state index is 12.9. The van der Waals surface area contributed by atoms with Crippen LogP contribution in [0.25, 0.3) is 0 Å². The monoisotopic (exact) mass is 381 g/mol. The molecule has 2 rings (SSSR count). The van der Waals surface area contributed by atoms with Gasteiger partial charge >= 0.3 is 0 Å². The van der Waals surface area contributed by atoms with Gasteiger partial charge in [-0.25, -0.2) is 4.39 Å². The van der Waals surface area contributed by atoms with Gasteiger partial charge in [-0.3, -0.25) is 0 Å². The number of rotatable bonds is 8. The zero-order valence-corrected chi connectivity index (χ0v) is 15.0. The van der Waals surface area contributed by atoms with Crippen molar-refractivity contribution in [1.82, 2.24) is 5.32 Å². The van der Waals surface area contributed by atoms with Crippen LogP contribution in [0.2, 0.25) is 0 Å². The Morgan fingerprint density at radius 3 is 2.52 bits per heavy atom. The number of hydrogen-bond donors (Lipinski definition) is 1. The molecule has 23 heavy (non-hydrogen) atoms. The summed E-state index contributed by atoms with van der Waals surface area (Å²) in [6.45, 7) is 4.24. The number of hydrogen-bond acceptors (Lipinski definition) is 3. The van der Waals surface area contributed by atoms with E-state index in [-0.39, 0.29) is 5.82 Å². The molecule has 0 spiro atoms. The highest BCUT2D eigenvalue weighted by molar-refractivity contribution is 9.10. The zero-order chi connectivity index (χ0) is 16.7. The van der Waals surface area contributed by atoms with E-state index < -0.39 is 0 Å². The molecule has 3 nitrogen and oxygen atoms in total. The van der Waals surface area contributed by atoms with Crippen LogP contribution in [0, 0.1) is 5.82 Å². The minimum absolute atomic E-state index is 0.253. The van der Waals surface area contributed by atoms with Crippen LogP contribution in [-0.4, -0.2) is 13.7 Å². The Kier molecular flexibility index (Phi) is 6.86. The van der Waals surface area contributed by atoms with Crippen molar-refractivity contribution in [3.8, 4) is 11.5 Å². The third-order valence-electron chi connectivity index (χ3n) is 3.34. The Labute approximate surface area is 144 Å². The standard InChI is InChI=1S/C18H21BrFNO2/c1-3-8-21-11-14-9-16(19)18(17(10-14)22-2)23-12-13-4-6-15(20)7-5-13/h4-7,9-10,21H,3,8,11-12H2,1-2H3. The first-order valence-electron chi connectivity index (χ1n) is 7.58. The Balaban J connectivity index is 2.09. The number of nitrogens with one attached hydrogen (secondary N) is 1. The van der Waals surface area contributed by atoms with Crippen LogP contribution < -0.4 is 14.8 Å². The van der Waals surface area contributed by atoms with E-state index in [0.29, 0.717) is 18.1 Å². The van der Waals surface area contributed by atoms with Crippen molar-refractivity contribution in [1.29, 1.82) is 0 Å². The van der Waals surface area contributed by atoms with Crippen LogP contribution in [0.4, 0.5) is 4.39 Å². The minimum Gasteiger partial charge on any atom is -0.493 e. The Bertz CT molecular complexity index is 632. The molecule has 124 valence electrons. The van der Waals surface area contributed by atoms with Crippen molar-refractivity contribution in [2.45, 2.75) is 26.5 Å². The topological polar surface area (TPSA) is 30.5 Å². The van der Waals surface area contributed by atoms with Gasteiger partial charge in [0.1, 0.15) is 12.4 Å². The van der Waals surface area contributed by atoms with Gasteiger partial charge in [0.25, 0.3) is 0 Å². The van der Waals surface area contributed by atoms with E-state index in [2.05, 4.69) is 28.2 Å². The highest BCUT2D eigenvalue weighted by atomic mass is 79.9. The van der Waals surface area contributed by atoms with E-state index in [4.69, 9.17) is 9.47 Å². The van der Waals surface area contributed by atoms with Gasteiger partial charge in [0.2, 0.25) is 0 Å². The van der Waals surface area contributed by atoms with E-state index in [1.54, 1.807) is 19.2 Å². The molecule has 0 aliphatic heterocycles. The molecular weight excluding hydrogens is 361 g/mol. The Morgan fingerprint density at radius 2 is 1.87 bits per heavy atom. The first kappa shape index (κ1) is 17.8. The molecule has 0 aliphatic rings. The SMILES string of the molecule is CCCNCc1cc(Br)c(OCc2ccc(F)cc2)c(OC)c1. The van der Waals surface area contributed by atoms with Crippen molar-refractivity contribution < 1.29 is 13.9 Å². The second-order valence-electron chi connectivity index (χ2n) is 5.20. The van der Waals surface area contributed by atoms with Gasteiger partial charge in [-0.15, -0.1) is 0 Å². The molecule has 0 bridgehead atoms. The van der Waals surface area contributed by atoms with Crippen molar-refractivity contribution in [2.75, 3.05) is 13.7 Å². The first-order chi connectivity index (χ1) is 11.1. The van der Waals surface area contributed by atoms with E-state index in [1.165, 1.54) is 12.1 Å². The fraction of sp³-hybridized carbons (Fsp3) is 0.333. The summed E-state index contributed by atoms with van der Waals surface area (Å²) in [6, 6.07) is 10.2. The Morgan fingerprint density at radius 1 is 1.13 bits per heavy atom. The quantitative estimate of drug-likeness (QED) is 0.673. The molecule has 0 amide bonds. The largest absolute Gasteiger partial charge is 0.493 e. The summed E-state index contributed by atoms with van der Waals surface area (Å²) in [5.74, 6) is 1.07. The number of ether oxygens (including phenoxy) is 2. The molecule has 0 atom stereocenters. The summed E-state index contributed by atoms with van der Waals surface area (Å²) in [5, 5.41) is 3.36. The first-order valence-corrected chi connectivity index (χ1v) is 8.37. The third-order valence-corrected chi connectivity index (χ3v) is 3.93. The molecule has 0 heterocycles. The van der Waals surface area contributed by atoms with Crippen LogP contribution in [0.1, 0.15) is 24.5 Å². The van der Waals surface area contributed by atoms with Crippen molar-refractivity contribution in [3.63, 3.8) is 0 Å². The van der Waals surface area contributed by atoms with Crippen LogP contribution in [0.5, 0.6) is 11.5 Å². The lowest BCUT2D eigenvalue weighted by atomic mass is 10.2. The smallest absolute Gasteiger partial charge is 0.175 e. The number of benzene rings is 2. The van der Waals surface area contributed by atoms with Crippen molar-refractivity contribution in [2.24, 2.45) is 0 Å². The summed E-state index contributed by atoms with van der Waals surface area (Å²) >= 11 is 3.54. The van der Waals surface area contributed by atoms with E-state index in [0.717, 1.165) is 35.1 Å². The maximum absolute atomic E-state index is 12.9. The molecule has 0 saturated heterocycles. The second kappa shape index (κ2) is 8.89. The summed E-state index contributed by atoms with van der Waals surface area (Å²) in [7, 11) is 1.62. The molecule has 1 N–H and O–H groups in total. The van der Waals surface area contributed by atoms with E-state index in [1.807, 2.05) is 12.1 Å². The highest BCUT2D eigenvalue weighted by Crippen LogP contribution is 2.37. The van der Waals surface area contributed by atoms with Gasteiger partial charge in [0.15, 0.2) is 11.5 Å². The lowest BCUT2D eigenvalue weighted by Crippen LogP contribution is -2.14. The zero-order valence-electron chi connectivity index (χ0n) is 13.4. The van der Waals surface area contributed by atoms with E-state index in [9.17, 15) is 4.39 Å². The predicted octanol–water partition coefficient (Wildman–Crippen LogP) is 4.68.